The molecule has 0 bridgehead atoms. The maximum absolute atomic E-state index is 14.0. The fourth-order valence-corrected chi connectivity index (χ4v) is 6.95. The molecule has 3 aromatic carbocycles. The number of nitrogens with one attached hydrogen (secondary N) is 2. The number of nitrogens with two attached hydrogens (primary N) is 1. The highest BCUT2D eigenvalue weighted by Crippen LogP contribution is 2.35. The van der Waals surface area contributed by atoms with Gasteiger partial charge in [-0.05, 0) is 47.2 Å². The molecule has 1 atom stereocenters. The average Bonchev–Trinajstić information content (AvgIpc) is 3.47. The molecule has 4 aromatic rings. The lowest BCUT2D eigenvalue weighted by Gasteiger charge is -2.40. The first-order valence-electron chi connectivity index (χ1n) is 15.2. The van der Waals surface area contributed by atoms with E-state index < -0.39 is 18.1 Å². The largest absolute Gasteiger partial charge is 0.436 e. The molecule has 12 nitrogen and oxygen atoms in total. The number of hydrogen-bond donors (Lipinski definition) is 3. The first kappa shape index (κ1) is 29.6. The minimum Gasteiger partial charge on any atom is -0.436 e. The van der Waals surface area contributed by atoms with E-state index in [2.05, 4.69) is 15.5 Å². The summed E-state index contributed by atoms with van der Waals surface area (Å²) in [6.07, 6.45) is -0.501. The van der Waals surface area contributed by atoms with Crippen molar-refractivity contribution < 1.29 is 23.9 Å². The van der Waals surface area contributed by atoms with Gasteiger partial charge in [-0.15, -0.1) is 0 Å². The summed E-state index contributed by atoms with van der Waals surface area (Å²) >= 11 is 6.58. The standard InChI is InChI=1S/C33H32ClN7O5/c34-24-14-21-15-26(46-33(45)39-12-10-22(11-13-39)41-17-20-8-4-5-9-25(20)36-32(41)44)31(43)40(16-19-6-2-1-3-7-19)18-23(21)27-28(24)37-38-29(27)30(35)42/h1-9,14,22,26H,10-13,15-18H2,(H2,35,42)(H,36,44)(H,37,38). The Hall–Kier alpha value is -5.10. The quantitative estimate of drug-likeness (QED) is 0.293. The molecule has 5 amide bonds. The number of amides is 5. The van der Waals surface area contributed by atoms with Gasteiger partial charge in [0.2, 0.25) is 0 Å². The van der Waals surface area contributed by atoms with E-state index in [4.69, 9.17) is 22.1 Å². The van der Waals surface area contributed by atoms with Gasteiger partial charge in [0.1, 0.15) is 11.2 Å². The molecule has 0 aliphatic carbocycles. The maximum atomic E-state index is 14.0. The number of anilines is 1. The van der Waals surface area contributed by atoms with Crippen LogP contribution in [0.25, 0.3) is 10.9 Å². The summed E-state index contributed by atoms with van der Waals surface area (Å²) in [5, 5.41) is 10.6. The number of carbonyl (C=O) groups is 4. The number of H-pyrrole nitrogens is 1. The van der Waals surface area contributed by atoms with E-state index in [1.54, 1.807) is 15.9 Å². The highest BCUT2D eigenvalue weighted by molar-refractivity contribution is 6.35. The number of primary amides is 1. The first-order chi connectivity index (χ1) is 22.3. The number of ether oxygens (including phenoxy) is 1. The van der Waals surface area contributed by atoms with E-state index in [9.17, 15) is 19.2 Å². The molecular formula is C33H32ClN7O5. The number of nitrogens with zero attached hydrogens (tertiary/aromatic N) is 4. The molecule has 46 heavy (non-hydrogen) atoms. The predicted octanol–water partition coefficient (Wildman–Crippen LogP) is 4.42. The van der Waals surface area contributed by atoms with Crippen LogP contribution in [0, 0.1) is 0 Å². The van der Waals surface area contributed by atoms with Gasteiger partial charge in [0, 0.05) is 56.3 Å². The summed E-state index contributed by atoms with van der Waals surface area (Å²) in [5.74, 6) is -1.06. The number of urea groups is 1. The van der Waals surface area contributed by atoms with Gasteiger partial charge in [-0.25, -0.2) is 9.59 Å². The Morgan fingerprint density at radius 3 is 2.50 bits per heavy atom. The number of hydrogen-bond acceptors (Lipinski definition) is 6. The predicted molar refractivity (Wildman–Crippen MR) is 170 cm³/mol. The average molecular weight is 642 g/mol. The summed E-state index contributed by atoms with van der Waals surface area (Å²) in [7, 11) is 0. The van der Waals surface area contributed by atoms with Gasteiger partial charge in [-0.1, -0.05) is 60.1 Å². The molecule has 1 aromatic heterocycles. The normalized spacial score (nSPS) is 18.5. The first-order valence-corrected chi connectivity index (χ1v) is 15.6. The maximum Gasteiger partial charge on any atom is 0.410 e. The third-order valence-electron chi connectivity index (χ3n) is 9.05. The number of likely N-dealkylation sites (tertiary alicyclic amines) is 1. The van der Waals surface area contributed by atoms with Crippen LogP contribution in [0.3, 0.4) is 0 Å². The van der Waals surface area contributed by atoms with Crippen LogP contribution in [0.4, 0.5) is 15.3 Å². The van der Waals surface area contributed by atoms with Crippen molar-refractivity contribution in [3.8, 4) is 0 Å². The van der Waals surface area contributed by atoms with Crippen molar-refractivity contribution in [3.63, 3.8) is 0 Å². The Bertz CT molecular complexity index is 1850. The van der Waals surface area contributed by atoms with E-state index in [0.717, 1.165) is 16.8 Å². The molecule has 4 heterocycles. The van der Waals surface area contributed by atoms with Gasteiger partial charge >= 0.3 is 12.1 Å². The minimum absolute atomic E-state index is 0.0379. The summed E-state index contributed by atoms with van der Waals surface area (Å²) in [4.78, 5) is 57.7. The van der Waals surface area contributed by atoms with Crippen LogP contribution < -0.4 is 11.1 Å². The molecule has 1 unspecified atom stereocenters. The van der Waals surface area contributed by atoms with Crippen LogP contribution in [-0.2, 0) is 35.6 Å². The second-order valence-electron chi connectivity index (χ2n) is 11.9. The number of carbonyl (C=O) groups excluding carboxylic acids is 4. The SMILES string of the molecule is NC(=O)c1[nH]nc2c(Cl)cc3c(c12)CN(Cc1ccccc1)C(=O)C(OC(=O)N1CCC(N2Cc4ccccc4NC2=O)CC1)C3. The summed E-state index contributed by atoms with van der Waals surface area (Å²) in [6.45, 7) is 1.66. The fraction of sp³-hybridized carbons (Fsp3) is 0.303. The van der Waals surface area contributed by atoms with Gasteiger partial charge in [0.05, 0.1) is 5.02 Å². The van der Waals surface area contributed by atoms with Crippen LogP contribution in [0.5, 0.6) is 0 Å². The Kier molecular flexibility index (Phi) is 7.73. The van der Waals surface area contributed by atoms with E-state index in [1.807, 2.05) is 59.5 Å². The Morgan fingerprint density at radius 1 is 1.00 bits per heavy atom. The van der Waals surface area contributed by atoms with Crippen molar-refractivity contribution in [1.82, 2.24) is 24.9 Å². The molecule has 0 radical (unpaired) electrons. The lowest BCUT2D eigenvalue weighted by Crippen LogP contribution is -2.51. The molecule has 1 saturated heterocycles. The molecule has 0 spiro atoms. The zero-order chi connectivity index (χ0) is 31.9. The van der Waals surface area contributed by atoms with E-state index in [-0.39, 0.29) is 48.2 Å². The van der Waals surface area contributed by atoms with Crippen LogP contribution in [0.2, 0.25) is 5.02 Å². The number of halogens is 1. The van der Waals surface area contributed by atoms with Crippen molar-refractivity contribution in [1.29, 1.82) is 0 Å². The van der Waals surface area contributed by atoms with Gasteiger partial charge < -0.3 is 30.5 Å². The molecular weight excluding hydrogens is 610 g/mol. The molecule has 236 valence electrons. The lowest BCUT2D eigenvalue weighted by atomic mass is 9.97. The Labute approximate surface area is 269 Å². The Balaban J connectivity index is 1.11. The summed E-state index contributed by atoms with van der Waals surface area (Å²) < 4.78 is 5.95. The van der Waals surface area contributed by atoms with Crippen molar-refractivity contribution in [2.45, 2.75) is 51.0 Å². The van der Waals surface area contributed by atoms with Crippen LogP contribution in [0.1, 0.15) is 45.6 Å². The lowest BCUT2D eigenvalue weighted by molar-refractivity contribution is -0.141. The van der Waals surface area contributed by atoms with Crippen molar-refractivity contribution in [3.05, 3.63) is 93.6 Å². The molecule has 7 rings (SSSR count). The zero-order valence-corrected chi connectivity index (χ0v) is 25.6. The highest BCUT2D eigenvalue weighted by Gasteiger charge is 2.38. The number of para-hydroxylation sites is 1. The van der Waals surface area contributed by atoms with E-state index in [0.29, 0.717) is 54.5 Å². The number of aromatic amines is 1. The molecule has 3 aliphatic rings. The van der Waals surface area contributed by atoms with Gasteiger partial charge in [-0.3, -0.25) is 14.7 Å². The number of fused-ring (bicyclic) bond motifs is 4. The number of aromatic nitrogens is 2. The molecule has 4 N–H and O–H groups in total. The van der Waals surface area contributed by atoms with E-state index in [1.165, 1.54) is 0 Å². The van der Waals surface area contributed by atoms with Crippen molar-refractivity contribution >= 4 is 52.1 Å². The molecule has 1 fully saturated rings. The zero-order valence-electron chi connectivity index (χ0n) is 24.9. The molecule has 0 saturated carbocycles. The van der Waals surface area contributed by atoms with Crippen LogP contribution in [0.15, 0.2) is 60.7 Å². The van der Waals surface area contributed by atoms with Crippen molar-refractivity contribution in [2.75, 3.05) is 18.4 Å². The van der Waals surface area contributed by atoms with Gasteiger partial charge in [0.25, 0.3) is 11.8 Å². The second-order valence-corrected chi connectivity index (χ2v) is 12.3. The number of benzene rings is 3. The van der Waals surface area contributed by atoms with Crippen LogP contribution in [-0.4, -0.2) is 74.1 Å². The summed E-state index contributed by atoms with van der Waals surface area (Å²) in [6, 6.07) is 18.7. The monoisotopic (exact) mass is 641 g/mol. The molecule has 13 heteroatoms. The summed E-state index contributed by atoms with van der Waals surface area (Å²) in [5.41, 5.74) is 10.2. The highest BCUT2D eigenvalue weighted by atomic mass is 35.5. The van der Waals surface area contributed by atoms with Gasteiger partial charge in [-0.2, -0.15) is 5.10 Å². The number of piperidine rings is 1. The fourth-order valence-electron chi connectivity index (χ4n) is 6.68. The van der Waals surface area contributed by atoms with Gasteiger partial charge in [0.15, 0.2) is 6.10 Å². The second kappa shape index (κ2) is 12.0. The number of rotatable bonds is 5. The van der Waals surface area contributed by atoms with Crippen LogP contribution >= 0.6 is 11.6 Å². The molecule has 3 aliphatic heterocycles. The third-order valence-corrected chi connectivity index (χ3v) is 9.34. The Morgan fingerprint density at radius 2 is 1.74 bits per heavy atom. The van der Waals surface area contributed by atoms with E-state index >= 15 is 0 Å². The minimum atomic E-state index is -1.13. The third kappa shape index (κ3) is 5.49. The topological polar surface area (TPSA) is 154 Å². The van der Waals surface area contributed by atoms with Crippen molar-refractivity contribution in [2.24, 2.45) is 5.73 Å². The smallest absolute Gasteiger partial charge is 0.410 e.